The molecular formula is C26H30N6O. The Hall–Kier alpha value is -3.71. The van der Waals surface area contributed by atoms with Gasteiger partial charge in [0, 0.05) is 47.7 Å². The minimum atomic E-state index is 0.0575. The largest absolute Gasteiger partial charge is 0.399 e. The SMILES string of the molecule is CC.Nc1ccc(-c2cnc3cnc(-c4ccc(C(=O)N5CCC(N)CC5)cc4)cn23)cc1. The fourth-order valence-electron chi connectivity index (χ4n) is 3.97. The number of aromatic nitrogens is 3. The van der Waals surface area contributed by atoms with Crippen molar-refractivity contribution in [1.82, 2.24) is 19.3 Å². The number of nitrogens with two attached hydrogens (primary N) is 2. The summed E-state index contributed by atoms with van der Waals surface area (Å²) < 4.78 is 2.02. The molecule has 170 valence electrons. The first-order valence-electron chi connectivity index (χ1n) is 11.4. The van der Waals surface area contributed by atoms with Crippen LogP contribution in [0, 0.1) is 0 Å². The molecule has 1 aliphatic heterocycles. The van der Waals surface area contributed by atoms with E-state index in [9.17, 15) is 4.79 Å². The maximum atomic E-state index is 12.8. The molecule has 4 N–H and O–H groups in total. The van der Waals surface area contributed by atoms with Gasteiger partial charge in [-0.1, -0.05) is 38.1 Å². The zero-order valence-corrected chi connectivity index (χ0v) is 19.1. The zero-order chi connectivity index (χ0) is 23.4. The molecule has 5 rings (SSSR count). The lowest BCUT2D eigenvalue weighted by Gasteiger charge is -2.30. The molecule has 7 heteroatoms. The molecule has 4 aromatic rings. The molecule has 0 bridgehead atoms. The Morgan fingerprint density at radius 1 is 0.909 bits per heavy atom. The Bertz CT molecular complexity index is 1220. The molecule has 1 amide bonds. The van der Waals surface area contributed by atoms with E-state index < -0.39 is 0 Å². The van der Waals surface area contributed by atoms with Crippen LogP contribution in [0.15, 0.2) is 67.1 Å². The summed E-state index contributed by atoms with van der Waals surface area (Å²) in [5.74, 6) is 0.0575. The van der Waals surface area contributed by atoms with E-state index in [4.69, 9.17) is 11.5 Å². The van der Waals surface area contributed by atoms with Crippen molar-refractivity contribution in [2.45, 2.75) is 32.7 Å². The Labute approximate surface area is 194 Å². The van der Waals surface area contributed by atoms with Gasteiger partial charge >= 0.3 is 0 Å². The maximum absolute atomic E-state index is 12.8. The number of piperidine rings is 1. The van der Waals surface area contributed by atoms with Crippen molar-refractivity contribution in [3.8, 4) is 22.5 Å². The number of imidazole rings is 1. The first-order chi connectivity index (χ1) is 16.1. The molecule has 7 nitrogen and oxygen atoms in total. The van der Waals surface area contributed by atoms with Crippen molar-refractivity contribution < 1.29 is 4.79 Å². The topological polar surface area (TPSA) is 103 Å². The predicted octanol–water partition coefficient (Wildman–Crippen LogP) is 4.24. The first-order valence-corrected chi connectivity index (χ1v) is 11.4. The zero-order valence-electron chi connectivity index (χ0n) is 19.1. The summed E-state index contributed by atoms with van der Waals surface area (Å²) in [6.07, 6.45) is 7.27. The molecule has 3 heterocycles. The Balaban J connectivity index is 0.00000126. The van der Waals surface area contributed by atoms with Crippen LogP contribution in [0.5, 0.6) is 0 Å². The van der Waals surface area contributed by atoms with Gasteiger partial charge < -0.3 is 16.4 Å². The molecule has 0 atom stereocenters. The van der Waals surface area contributed by atoms with Crippen molar-refractivity contribution >= 4 is 17.2 Å². The second kappa shape index (κ2) is 9.83. The average molecular weight is 443 g/mol. The lowest BCUT2D eigenvalue weighted by molar-refractivity contribution is 0.0715. The predicted molar refractivity (Wildman–Crippen MR) is 133 cm³/mol. The fraction of sp³-hybridized carbons (Fsp3) is 0.269. The van der Waals surface area contributed by atoms with Crippen LogP contribution in [0.3, 0.4) is 0 Å². The normalized spacial score (nSPS) is 14.1. The number of benzene rings is 2. The van der Waals surface area contributed by atoms with Gasteiger partial charge in [0.25, 0.3) is 5.91 Å². The fourth-order valence-corrected chi connectivity index (χ4v) is 3.97. The van der Waals surface area contributed by atoms with Crippen molar-refractivity contribution in [3.63, 3.8) is 0 Å². The number of carbonyl (C=O) groups excluding carboxylic acids is 1. The minimum absolute atomic E-state index is 0.0575. The Morgan fingerprint density at radius 2 is 1.55 bits per heavy atom. The Morgan fingerprint density at radius 3 is 2.21 bits per heavy atom. The van der Waals surface area contributed by atoms with Gasteiger partial charge in [0.1, 0.15) is 0 Å². The monoisotopic (exact) mass is 442 g/mol. The quantitative estimate of drug-likeness (QED) is 0.462. The van der Waals surface area contributed by atoms with Crippen molar-refractivity contribution in [2.24, 2.45) is 5.73 Å². The molecular weight excluding hydrogens is 412 g/mol. The number of likely N-dealkylation sites (tertiary alicyclic amines) is 1. The highest BCUT2D eigenvalue weighted by molar-refractivity contribution is 5.94. The van der Waals surface area contributed by atoms with Crippen LogP contribution in [0.2, 0.25) is 0 Å². The molecule has 1 saturated heterocycles. The van der Waals surface area contributed by atoms with Gasteiger partial charge in [-0.2, -0.15) is 0 Å². The molecule has 0 aliphatic carbocycles. The number of hydrogen-bond acceptors (Lipinski definition) is 5. The van der Waals surface area contributed by atoms with E-state index in [2.05, 4.69) is 9.97 Å². The second-order valence-electron chi connectivity index (χ2n) is 7.97. The van der Waals surface area contributed by atoms with Crippen LogP contribution >= 0.6 is 0 Å². The third-order valence-corrected chi connectivity index (χ3v) is 5.86. The third-order valence-electron chi connectivity index (χ3n) is 5.86. The van der Waals surface area contributed by atoms with Crippen LogP contribution < -0.4 is 11.5 Å². The number of amides is 1. The van der Waals surface area contributed by atoms with E-state index in [1.165, 1.54) is 0 Å². The van der Waals surface area contributed by atoms with Crippen molar-refractivity contribution in [2.75, 3.05) is 18.8 Å². The number of nitrogens with zero attached hydrogens (tertiary/aromatic N) is 4. The lowest BCUT2D eigenvalue weighted by Crippen LogP contribution is -2.42. The number of rotatable bonds is 3. The van der Waals surface area contributed by atoms with Crippen molar-refractivity contribution in [3.05, 3.63) is 72.7 Å². The summed E-state index contributed by atoms with van der Waals surface area (Å²) in [4.78, 5) is 23.7. The molecule has 2 aromatic carbocycles. The summed E-state index contributed by atoms with van der Waals surface area (Å²) >= 11 is 0. The van der Waals surface area contributed by atoms with Gasteiger partial charge in [0.05, 0.1) is 23.8 Å². The lowest BCUT2D eigenvalue weighted by atomic mass is 10.0. The maximum Gasteiger partial charge on any atom is 0.253 e. The van der Waals surface area contributed by atoms with Crippen LogP contribution in [0.25, 0.3) is 28.2 Å². The second-order valence-corrected chi connectivity index (χ2v) is 7.97. The molecule has 0 spiro atoms. The van der Waals surface area contributed by atoms with Crippen LogP contribution in [0.1, 0.15) is 37.0 Å². The summed E-state index contributed by atoms with van der Waals surface area (Å²) in [6, 6.07) is 15.5. The highest BCUT2D eigenvalue weighted by atomic mass is 16.2. The third kappa shape index (κ3) is 4.73. The number of carbonyl (C=O) groups is 1. The van der Waals surface area contributed by atoms with Crippen LogP contribution in [-0.2, 0) is 0 Å². The van der Waals surface area contributed by atoms with Crippen molar-refractivity contribution in [1.29, 1.82) is 0 Å². The van der Waals surface area contributed by atoms with E-state index in [1.807, 2.05) is 84.1 Å². The van der Waals surface area contributed by atoms with E-state index in [0.717, 1.165) is 46.7 Å². The first kappa shape index (κ1) is 22.5. The van der Waals surface area contributed by atoms with E-state index in [-0.39, 0.29) is 11.9 Å². The van der Waals surface area contributed by atoms with Gasteiger partial charge in [-0.25, -0.2) is 4.98 Å². The molecule has 0 radical (unpaired) electrons. The summed E-state index contributed by atoms with van der Waals surface area (Å²) in [7, 11) is 0. The number of fused-ring (bicyclic) bond motifs is 1. The van der Waals surface area contributed by atoms with Crippen LogP contribution in [0.4, 0.5) is 5.69 Å². The molecule has 33 heavy (non-hydrogen) atoms. The number of nitrogen functional groups attached to an aromatic ring is 1. The van der Waals surface area contributed by atoms with Gasteiger partial charge in [-0.05, 0) is 37.1 Å². The molecule has 0 unspecified atom stereocenters. The number of hydrogen-bond donors (Lipinski definition) is 2. The Kier molecular flexibility index (Phi) is 6.70. The van der Waals surface area contributed by atoms with Crippen LogP contribution in [-0.4, -0.2) is 44.3 Å². The highest BCUT2D eigenvalue weighted by Crippen LogP contribution is 2.25. The smallest absolute Gasteiger partial charge is 0.253 e. The summed E-state index contributed by atoms with van der Waals surface area (Å²) in [6.45, 7) is 5.43. The minimum Gasteiger partial charge on any atom is -0.399 e. The molecule has 1 aliphatic rings. The van der Waals surface area contributed by atoms with E-state index in [1.54, 1.807) is 6.20 Å². The van der Waals surface area contributed by atoms with E-state index >= 15 is 0 Å². The van der Waals surface area contributed by atoms with Gasteiger partial charge in [-0.15, -0.1) is 0 Å². The standard InChI is InChI=1S/C24H24N6O.C2H6/c25-19-7-5-17(6-8-19)22-13-28-23-14-27-21(15-30(22)23)16-1-3-18(4-2-16)24(31)29-11-9-20(26)10-12-29;1-2/h1-8,13-15,20H,9-12,25-26H2;1-2H3. The molecule has 0 saturated carbocycles. The highest BCUT2D eigenvalue weighted by Gasteiger charge is 2.21. The number of anilines is 1. The molecule has 1 fully saturated rings. The molecule has 2 aromatic heterocycles. The summed E-state index contributed by atoms with van der Waals surface area (Å²) in [5.41, 5.74) is 17.7. The van der Waals surface area contributed by atoms with Gasteiger partial charge in [0.15, 0.2) is 5.65 Å². The van der Waals surface area contributed by atoms with E-state index in [0.29, 0.717) is 18.7 Å². The summed E-state index contributed by atoms with van der Waals surface area (Å²) in [5, 5.41) is 0. The van der Waals surface area contributed by atoms with Gasteiger partial charge in [-0.3, -0.25) is 14.2 Å². The van der Waals surface area contributed by atoms with Gasteiger partial charge in [0.2, 0.25) is 0 Å². The average Bonchev–Trinajstić information content (AvgIpc) is 3.29.